The van der Waals surface area contributed by atoms with Crippen LogP contribution >= 0.6 is 34.2 Å². The van der Waals surface area contributed by atoms with Crippen molar-refractivity contribution in [3.63, 3.8) is 0 Å². The molecular weight excluding hydrogens is 288 g/mol. The summed E-state index contributed by atoms with van der Waals surface area (Å²) in [4.78, 5) is 11.1. The molecule has 0 aliphatic rings. The van der Waals surface area contributed by atoms with Gasteiger partial charge < -0.3 is 4.98 Å². The standard InChI is InChI=1S/C7H5ClIN3/c1-3-5(9)4-2-10-7(8)12-6(4)11-3/h2H,1H3,(H,10,11,12). The number of aromatic amines is 1. The smallest absolute Gasteiger partial charge is 0.224 e. The van der Waals surface area contributed by atoms with Gasteiger partial charge in [-0.05, 0) is 41.1 Å². The van der Waals surface area contributed by atoms with Crippen molar-refractivity contribution in [1.29, 1.82) is 0 Å². The number of hydrogen-bond acceptors (Lipinski definition) is 2. The highest BCUT2D eigenvalue weighted by atomic mass is 127. The minimum Gasteiger partial charge on any atom is -0.342 e. The van der Waals surface area contributed by atoms with Crippen LogP contribution in [0.4, 0.5) is 0 Å². The van der Waals surface area contributed by atoms with Crippen LogP contribution in [0.3, 0.4) is 0 Å². The van der Waals surface area contributed by atoms with Crippen LogP contribution in [0.25, 0.3) is 11.0 Å². The van der Waals surface area contributed by atoms with E-state index in [1.807, 2.05) is 6.92 Å². The lowest BCUT2D eigenvalue weighted by Gasteiger charge is -1.88. The predicted molar refractivity (Wildman–Crippen MR) is 56.4 cm³/mol. The van der Waals surface area contributed by atoms with E-state index >= 15 is 0 Å². The number of H-pyrrole nitrogens is 1. The van der Waals surface area contributed by atoms with E-state index in [9.17, 15) is 0 Å². The van der Waals surface area contributed by atoms with Gasteiger partial charge in [0.1, 0.15) is 5.65 Å². The Labute approximate surface area is 87.7 Å². The highest BCUT2D eigenvalue weighted by Gasteiger charge is 2.06. The molecule has 1 N–H and O–H groups in total. The first kappa shape index (κ1) is 8.25. The third-order valence-electron chi connectivity index (χ3n) is 1.63. The zero-order chi connectivity index (χ0) is 8.72. The molecule has 0 atom stereocenters. The number of nitrogens with zero attached hydrogens (tertiary/aromatic N) is 2. The molecule has 0 saturated carbocycles. The predicted octanol–water partition coefficient (Wildman–Crippen LogP) is 2.52. The van der Waals surface area contributed by atoms with Gasteiger partial charge >= 0.3 is 0 Å². The largest absolute Gasteiger partial charge is 0.342 e. The average molecular weight is 293 g/mol. The van der Waals surface area contributed by atoms with Gasteiger partial charge in [-0.15, -0.1) is 0 Å². The molecule has 0 aliphatic heterocycles. The summed E-state index contributed by atoms with van der Waals surface area (Å²) in [7, 11) is 0. The van der Waals surface area contributed by atoms with E-state index in [2.05, 4.69) is 37.5 Å². The summed E-state index contributed by atoms with van der Waals surface area (Å²) < 4.78 is 1.15. The van der Waals surface area contributed by atoms with E-state index in [1.165, 1.54) is 0 Å². The van der Waals surface area contributed by atoms with Gasteiger partial charge in [-0.1, -0.05) is 0 Å². The number of nitrogens with one attached hydrogen (secondary N) is 1. The van der Waals surface area contributed by atoms with Crippen LogP contribution in [0, 0.1) is 10.5 Å². The summed E-state index contributed by atoms with van der Waals surface area (Å²) in [6.07, 6.45) is 1.73. The van der Waals surface area contributed by atoms with Crippen molar-refractivity contribution in [2.24, 2.45) is 0 Å². The third kappa shape index (κ3) is 1.19. The first-order chi connectivity index (χ1) is 5.68. The van der Waals surface area contributed by atoms with Crippen molar-refractivity contribution in [2.45, 2.75) is 6.92 Å². The minimum absolute atomic E-state index is 0.278. The molecule has 2 rings (SSSR count). The Kier molecular flexibility index (Phi) is 1.96. The van der Waals surface area contributed by atoms with Crippen molar-refractivity contribution in [1.82, 2.24) is 15.0 Å². The molecule has 3 nitrogen and oxygen atoms in total. The van der Waals surface area contributed by atoms with Crippen molar-refractivity contribution in [3.8, 4) is 0 Å². The van der Waals surface area contributed by atoms with Gasteiger partial charge in [-0.3, -0.25) is 0 Å². The zero-order valence-electron chi connectivity index (χ0n) is 6.23. The Morgan fingerprint density at radius 1 is 1.58 bits per heavy atom. The maximum Gasteiger partial charge on any atom is 0.224 e. The molecular formula is C7H5ClIN3. The number of aryl methyl sites for hydroxylation is 1. The number of aromatic nitrogens is 3. The molecule has 2 aromatic heterocycles. The minimum atomic E-state index is 0.278. The molecule has 2 aromatic rings. The quantitative estimate of drug-likeness (QED) is 0.599. The van der Waals surface area contributed by atoms with E-state index in [0.717, 1.165) is 20.3 Å². The number of rotatable bonds is 0. The van der Waals surface area contributed by atoms with Crippen molar-refractivity contribution >= 4 is 45.2 Å². The Morgan fingerprint density at radius 3 is 3.08 bits per heavy atom. The fourth-order valence-corrected chi connectivity index (χ4v) is 1.71. The number of hydrogen-bond donors (Lipinski definition) is 1. The van der Waals surface area contributed by atoms with Gasteiger partial charge in [0.2, 0.25) is 5.28 Å². The Morgan fingerprint density at radius 2 is 2.33 bits per heavy atom. The van der Waals surface area contributed by atoms with E-state index in [0.29, 0.717) is 0 Å². The normalized spacial score (nSPS) is 10.9. The fourth-order valence-electron chi connectivity index (χ4n) is 1.05. The van der Waals surface area contributed by atoms with Gasteiger partial charge in [0, 0.05) is 15.5 Å². The summed E-state index contributed by atoms with van der Waals surface area (Å²) in [6.45, 7) is 2.00. The van der Waals surface area contributed by atoms with E-state index in [-0.39, 0.29) is 5.28 Å². The van der Waals surface area contributed by atoms with Crippen molar-refractivity contribution in [2.75, 3.05) is 0 Å². The lowest BCUT2D eigenvalue weighted by molar-refractivity contribution is 1.18. The number of fused-ring (bicyclic) bond motifs is 1. The second-order valence-electron chi connectivity index (χ2n) is 2.47. The molecule has 12 heavy (non-hydrogen) atoms. The van der Waals surface area contributed by atoms with Gasteiger partial charge in [0.05, 0.1) is 5.39 Å². The van der Waals surface area contributed by atoms with Crippen LogP contribution in [0.2, 0.25) is 5.28 Å². The van der Waals surface area contributed by atoms with Crippen LogP contribution in [-0.2, 0) is 0 Å². The molecule has 0 aromatic carbocycles. The first-order valence-electron chi connectivity index (χ1n) is 3.35. The van der Waals surface area contributed by atoms with E-state index < -0.39 is 0 Å². The van der Waals surface area contributed by atoms with Crippen LogP contribution < -0.4 is 0 Å². The molecule has 0 radical (unpaired) electrons. The van der Waals surface area contributed by atoms with Gasteiger partial charge in [-0.2, -0.15) is 4.98 Å². The summed E-state index contributed by atoms with van der Waals surface area (Å²) in [5.74, 6) is 0. The second kappa shape index (κ2) is 2.85. The van der Waals surface area contributed by atoms with E-state index in [1.54, 1.807) is 6.20 Å². The highest BCUT2D eigenvalue weighted by Crippen LogP contribution is 2.21. The van der Waals surface area contributed by atoms with Crippen molar-refractivity contribution in [3.05, 3.63) is 20.7 Å². The number of halogens is 2. The summed E-state index contributed by atoms with van der Waals surface area (Å²) in [5.41, 5.74) is 1.90. The maximum atomic E-state index is 5.64. The lowest BCUT2D eigenvalue weighted by Crippen LogP contribution is -1.81. The topological polar surface area (TPSA) is 41.6 Å². The van der Waals surface area contributed by atoms with E-state index in [4.69, 9.17) is 11.6 Å². The molecule has 0 unspecified atom stereocenters. The fraction of sp³-hybridized carbons (Fsp3) is 0.143. The molecule has 2 heterocycles. The average Bonchev–Trinajstić information content (AvgIpc) is 2.28. The second-order valence-corrected chi connectivity index (χ2v) is 3.88. The molecule has 0 fully saturated rings. The van der Waals surface area contributed by atoms with Crippen LogP contribution in [-0.4, -0.2) is 15.0 Å². The molecule has 0 aliphatic carbocycles. The monoisotopic (exact) mass is 293 g/mol. The van der Waals surface area contributed by atoms with Gasteiger partial charge in [0.15, 0.2) is 0 Å². The molecule has 0 spiro atoms. The highest BCUT2D eigenvalue weighted by molar-refractivity contribution is 14.1. The summed E-state index contributed by atoms with van der Waals surface area (Å²) in [6, 6.07) is 0. The molecule has 62 valence electrons. The molecule has 0 bridgehead atoms. The SMILES string of the molecule is Cc1[nH]c2nc(Cl)ncc2c1I. The Bertz CT molecular complexity index is 437. The summed E-state index contributed by atoms with van der Waals surface area (Å²) >= 11 is 7.89. The molecule has 0 amide bonds. The van der Waals surface area contributed by atoms with Gasteiger partial charge in [-0.25, -0.2) is 4.98 Å². The van der Waals surface area contributed by atoms with Crippen LogP contribution in [0.1, 0.15) is 5.69 Å². The maximum absolute atomic E-state index is 5.64. The summed E-state index contributed by atoms with van der Waals surface area (Å²) in [5, 5.41) is 1.30. The molecule has 5 heteroatoms. The van der Waals surface area contributed by atoms with Crippen molar-refractivity contribution < 1.29 is 0 Å². The first-order valence-corrected chi connectivity index (χ1v) is 4.80. The Balaban J connectivity index is 2.87. The third-order valence-corrected chi connectivity index (χ3v) is 3.20. The Hall–Kier alpha value is -0.360. The van der Waals surface area contributed by atoms with Crippen LogP contribution in [0.5, 0.6) is 0 Å². The lowest BCUT2D eigenvalue weighted by atomic mass is 10.4. The van der Waals surface area contributed by atoms with Gasteiger partial charge in [0.25, 0.3) is 0 Å². The molecule has 0 saturated heterocycles. The zero-order valence-corrected chi connectivity index (χ0v) is 9.14. The van der Waals surface area contributed by atoms with Crippen LogP contribution in [0.15, 0.2) is 6.20 Å².